The number of methoxy groups -OCH3 is 1. The number of Topliss-reactive ketones (excluding diaryl/α,β-unsaturated/α-hetero) is 1. The third-order valence-electron chi connectivity index (χ3n) is 2.99. The number of benzene rings is 1. The van der Waals surface area contributed by atoms with Crippen LogP contribution in [-0.4, -0.2) is 30.6 Å². The van der Waals surface area contributed by atoms with E-state index in [9.17, 15) is 9.90 Å². The summed E-state index contributed by atoms with van der Waals surface area (Å²) in [4.78, 5) is 12.0. The quantitative estimate of drug-likeness (QED) is 0.780. The molecule has 0 bridgehead atoms. The fourth-order valence-corrected chi connectivity index (χ4v) is 1.88. The first-order valence-electron chi connectivity index (χ1n) is 6.03. The first-order valence-corrected chi connectivity index (χ1v) is 6.03. The van der Waals surface area contributed by atoms with Crippen molar-refractivity contribution < 1.29 is 14.6 Å². The van der Waals surface area contributed by atoms with Crippen LogP contribution >= 0.6 is 0 Å². The number of aliphatic hydroxyl groups excluding tert-OH is 1. The molecule has 0 aliphatic heterocycles. The zero-order valence-corrected chi connectivity index (χ0v) is 11.4. The maximum atomic E-state index is 12.0. The highest BCUT2D eigenvalue weighted by molar-refractivity contribution is 6.01. The van der Waals surface area contributed by atoms with E-state index < -0.39 is 6.10 Å². The van der Waals surface area contributed by atoms with E-state index >= 15 is 0 Å². The molecule has 0 aromatic heterocycles. The molecule has 0 fully saturated rings. The number of hydrogen-bond acceptors (Lipinski definition) is 4. The zero-order chi connectivity index (χ0) is 13.9. The molecule has 1 aromatic rings. The summed E-state index contributed by atoms with van der Waals surface area (Å²) >= 11 is 0. The summed E-state index contributed by atoms with van der Waals surface area (Å²) in [7, 11) is 1.61. The van der Waals surface area contributed by atoms with E-state index in [1.807, 2.05) is 26.8 Å². The fourth-order valence-electron chi connectivity index (χ4n) is 1.88. The Kier molecular flexibility index (Phi) is 4.87. The number of hydrogen-bond donors (Lipinski definition) is 2. The van der Waals surface area contributed by atoms with E-state index in [1.165, 1.54) is 0 Å². The number of carbonyl (C=O) groups excluding carboxylic acids is 1. The number of carbonyl (C=O) groups is 1. The number of aliphatic hydroxyl groups is 1. The van der Waals surface area contributed by atoms with Crippen molar-refractivity contribution >= 4 is 5.78 Å². The Morgan fingerprint density at radius 1 is 1.44 bits per heavy atom. The van der Waals surface area contributed by atoms with Gasteiger partial charge in [-0.3, -0.25) is 4.79 Å². The van der Waals surface area contributed by atoms with Gasteiger partial charge in [0.05, 0.1) is 7.11 Å². The molecule has 4 heteroatoms. The molecule has 18 heavy (non-hydrogen) atoms. The van der Waals surface area contributed by atoms with Gasteiger partial charge in [0.25, 0.3) is 0 Å². The molecule has 0 saturated heterocycles. The molecular weight excluding hydrogens is 230 g/mol. The van der Waals surface area contributed by atoms with Crippen LogP contribution in [0.2, 0.25) is 0 Å². The first kappa shape index (κ1) is 14.7. The largest absolute Gasteiger partial charge is 0.496 e. The molecule has 1 atom stereocenters. The lowest BCUT2D eigenvalue weighted by molar-refractivity contribution is 0.0762. The number of aryl methyl sites for hydroxylation is 1. The normalized spacial score (nSPS) is 12.6. The predicted molar refractivity (Wildman–Crippen MR) is 71.2 cm³/mol. The van der Waals surface area contributed by atoms with Gasteiger partial charge < -0.3 is 15.6 Å². The molecule has 1 aromatic carbocycles. The fraction of sp³-hybridized carbons (Fsp3) is 0.500. The molecule has 0 heterocycles. The van der Waals surface area contributed by atoms with Crippen LogP contribution in [0, 0.1) is 6.92 Å². The first-order chi connectivity index (χ1) is 8.42. The van der Waals surface area contributed by atoms with E-state index in [-0.39, 0.29) is 18.2 Å². The second-order valence-corrected chi connectivity index (χ2v) is 4.68. The van der Waals surface area contributed by atoms with Crippen LogP contribution < -0.4 is 10.5 Å². The van der Waals surface area contributed by atoms with Crippen LogP contribution in [0.4, 0.5) is 0 Å². The van der Waals surface area contributed by atoms with E-state index in [4.69, 9.17) is 10.5 Å². The SMILES string of the molecule is COc1cc(C)c(C(=O)C(O)CN)cc1C(C)C. The highest BCUT2D eigenvalue weighted by atomic mass is 16.5. The van der Waals surface area contributed by atoms with Gasteiger partial charge in [-0.05, 0) is 36.1 Å². The average Bonchev–Trinajstić information content (AvgIpc) is 2.36. The van der Waals surface area contributed by atoms with Crippen LogP contribution in [-0.2, 0) is 0 Å². The van der Waals surface area contributed by atoms with Crippen molar-refractivity contribution in [3.05, 3.63) is 28.8 Å². The van der Waals surface area contributed by atoms with Gasteiger partial charge in [-0.25, -0.2) is 0 Å². The van der Waals surface area contributed by atoms with E-state index in [0.717, 1.165) is 16.9 Å². The predicted octanol–water partition coefficient (Wildman–Crippen LogP) is 1.63. The molecule has 0 spiro atoms. The molecule has 0 radical (unpaired) electrons. The second-order valence-electron chi connectivity index (χ2n) is 4.68. The van der Waals surface area contributed by atoms with Crippen molar-refractivity contribution in [2.24, 2.45) is 5.73 Å². The number of nitrogens with two attached hydrogens (primary N) is 1. The molecule has 3 N–H and O–H groups in total. The van der Waals surface area contributed by atoms with Crippen LogP contribution in [0.15, 0.2) is 12.1 Å². The number of ketones is 1. The van der Waals surface area contributed by atoms with Crippen LogP contribution in [0.3, 0.4) is 0 Å². The van der Waals surface area contributed by atoms with Crippen molar-refractivity contribution in [1.82, 2.24) is 0 Å². The topological polar surface area (TPSA) is 72.5 Å². The maximum Gasteiger partial charge on any atom is 0.192 e. The Bertz CT molecular complexity index is 441. The molecular formula is C14H21NO3. The molecule has 100 valence electrons. The molecule has 0 aliphatic carbocycles. The summed E-state index contributed by atoms with van der Waals surface area (Å²) in [5, 5.41) is 9.55. The maximum absolute atomic E-state index is 12.0. The van der Waals surface area contributed by atoms with Gasteiger partial charge >= 0.3 is 0 Å². The monoisotopic (exact) mass is 251 g/mol. The van der Waals surface area contributed by atoms with E-state index in [2.05, 4.69) is 0 Å². The van der Waals surface area contributed by atoms with Gasteiger partial charge in [0.15, 0.2) is 5.78 Å². The van der Waals surface area contributed by atoms with Crippen molar-refractivity contribution in [2.45, 2.75) is 32.8 Å². The van der Waals surface area contributed by atoms with Gasteiger partial charge in [0, 0.05) is 12.1 Å². The molecule has 0 amide bonds. The van der Waals surface area contributed by atoms with Crippen LogP contribution in [0.5, 0.6) is 5.75 Å². The van der Waals surface area contributed by atoms with Gasteiger partial charge in [0.2, 0.25) is 0 Å². The van der Waals surface area contributed by atoms with E-state index in [0.29, 0.717) is 5.56 Å². The Morgan fingerprint density at radius 2 is 2.06 bits per heavy atom. The van der Waals surface area contributed by atoms with Crippen molar-refractivity contribution in [3.8, 4) is 5.75 Å². The summed E-state index contributed by atoms with van der Waals surface area (Å²) in [6.45, 7) is 5.81. The minimum atomic E-state index is -1.14. The highest BCUT2D eigenvalue weighted by Crippen LogP contribution is 2.30. The van der Waals surface area contributed by atoms with Crippen molar-refractivity contribution in [1.29, 1.82) is 0 Å². The minimum Gasteiger partial charge on any atom is -0.496 e. The molecule has 0 saturated carbocycles. The van der Waals surface area contributed by atoms with Gasteiger partial charge in [-0.2, -0.15) is 0 Å². The van der Waals surface area contributed by atoms with Crippen LogP contribution in [0.25, 0.3) is 0 Å². The third kappa shape index (κ3) is 2.89. The number of ether oxygens (including phenoxy) is 1. The second kappa shape index (κ2) is 5.98. The van der Waals surface area contributed by atoms with Crippen molar-refractivity contribution in [2.75, 3.05) is 13.7 Å². The Hall–Kier alpha value is -1.39. The molecule has 0 aliphatic rings. The number of rotatable bonds is 5. The smallest absolute Gasteiger partial charge is 0.192 e. The van der Waals surface area contributed by atoms with E-state index in [1.54, 1.807) is 13.2 Å². The lowest BCUT2D eigenvalue weighted by Gasteiger charge is -2.16. The minimum absolute atomic E-state index is 0.0681. The molecule has 1 rings (SSSR count). The van der Waals surface area contributed by atoms with Gasteiger partial charge in [-0.15, -0.1) is 0 Å². The third-order valence-corrected chi connectivity index (χ3v) is 2.99. The Labute approximate surface area is 108 Å². The lowest BCUT2D eigenvalue weighted by atomic mass is 9.93. The summed E-state index contributed by atoms with van der Waals surface area (Å²) in [5.41, 5.74) is 7.57. The van der Waals surface area contributed by atoms with Crippen molar-refractivity contribution in [3.63, 3.8) is 0 Å². The summed E-state index contributed by atoms with van der Waals surface area (Å²) in [6.07, 6.45) is -1.14. The highest BCUT2D eigenvalue weighted by Gasteiger charge is 2.20. The molecule has 1 unspecified atom stereocenters. The lowest BCUT2D eigenvalue weighted by Crippen LogP contribution is -2.29. The average molecular weight is 251 g/mol. The zero-order valence-electron chi connectivity index (χ0n) is 11.4. The Morgan fingerprint density at radius 3 is 2.50 bits per heavy atom. The standard InChI is InChI=1S/C14H21NO3/c1-8(2)10-6-11(14(17)12(16)7-15)9(3)5-13(10)18-4/h5-6,8,12,16H,7,15H2,1-4H3. The van der Waals surface area contributed by atoms with Crippen LogP contribution in [0.1, 0.15) is 41.3 Å². The summed E-state index contributed by atoms with van der Waals surface area (Å²) in [6, 6.07) is 3.62. The summed E-state index contributed by atoms with van der Waals surface area (Å²) < 4.78 is 5.31. The van der Waals surface area contributed by atoms with Gasteiger partial charge in [0.1, 0.15) is 11.9 Å². The molecule has 4 nitrogen and oxygen atoms in total. The summed E-state index contributed by atoms with van der Waals surface area (Å²) in [5.74, 6) is 0.669. The van der Waals surface area contributed by atoms with Gasteiger partial charge in [-0.1, -0.05) is 13.8 Å². The Balaban J connectivity index is 3.29.